The largest absolute Gasteiger partial charge is 0.266 e. The molecule has 0 saturated heterocycles. The molecule has 0 N–H and O–H groups in total. The Bertz CT molecular complexity index is 490. The van der Waals surface area contributed by atoms with E-state index >= 15 is 0 Å². The van der Waals surface area contributed by atoms with Gasteiger partial charge in [0, 0.05) is 22.4 Å². The zero-order valence-corrected chi connectivity index (χ0v) is 9.67. The van der Waals surface area contributed by atoms with Crippen LogP contribution in [0.3, 0.4) is 0 Å². The Morgan fingerprint density at radius 1 is 1.47 bits per heavy atom. The molecule has 0 fully saturated rings. The van der Waals surface area contributed by atoms with Crippen LogP contribution in [0.2, 0.25) is 5.15 Å². The first-order valence-corrected chi connectivity index (χ1v) is 6.31. The molecule has 1 rings (SSSR count). The molecule has 0 amide bonds. The fourth-order valence-corrected chi connectivity index (χ4v) is 2.77. The zero-order valence-electron chi connectivity index (χ0n) is 7.34. The van der Waals surface area contributed by atoms with Crippen LogP contribution in [0.15, 0.2) is 11.1 Å². The van der Waals surface area contributed by atoms with E-state index in [-0.39, 0.29) is 10.7 Å². The number of aromatic nitrogens is 1. The first-order valence-electron chi connectivity index (χ1n) is 3.63. The Kier molecular flexibility index (Phi) is 3.52. The van der Waals surface area contributed by atoms with E-state index in [0.717, 1.165) is 0 Å². The lowest BCUT2D eigenvalue weighted by atomic mass is 10.2. The highest BCUT2D eigenvalue weighted by Crippen LogP contribution is 2.33. The van der Waals surface area contributed by atoms with Crippen molar-refractivity contribution in [2.24, 2.45) is 0 Å². The fraction of sp³-hybridized carbons (Fsp3) is 0.286. The summed E-state index contributed by atoms with van der Waals surface area (Å²) in [4.78, 5) is 2.77. The van der Waals surface area contributed by atoms with Crippen LogP contribution in [0.5, 0.6) is 0 Å². The maximum Gasteiger partial charge on any atom is 0.266 e. The van der Waals surface area contributed by atoms with E-state index in [2.05, 4.69) is 4.98 Å². The van der Waals surface area contributed by atoms with E-state index in [9.17, 15) is 17.2 Å². The maximum absolute atomic E-state index is 12.5. The Morgan fingerprint density at radius 3 is 2.40 bits per heavy atom. The summed E-state index contributed by atoms with van der Waals surface area (Å²) < 4.78 is 47.1. The predicted molar refractivity (Wildman–Crippen MR) is 52.0 cm³/mol. The van der Waals surface area contributed by atoms with Crippen molar-refractivity contribution < 1.29 is 17.2 Å². The molecule has 1 aromatic heterocycles. The number of nitrogens with zero attached hydrogens (tertiary/aromatic N) is 1. The van der Waals surface area contributed by atoms with E-state index in [4.69, 9.17) is 22.3 Å². The second kappa shape index (κ2) is 4.19. The zero-order chi connectivity index (χ0) is 11.8. The third-order valence-corrected chi connectivity index (χ3v) is 3.58. The number of pyridine rings is 1. The number of hydrogen-bond acceptors (Lipinski definition) is 3. The highest BCUT2D eigenvalue weighted by atomic mass is 35.7. The molecule has 1 aromatic rings. The monoisotopic (exact) mass is 275 g/mol. The van der Waals surface area contributed by atoms with Crippen molar-refractivity contribution in [3.63, 3.8) is 0 Å². The van der Waals surface area contributed by atoms with E-state index in [1.807, 2.05) is 0 Å². The Balaban J connectivity index is 3.65. The molecule has 0 aliphatic heterocycles. The van der Waals surface area contributed by atoms with Crippen LogP contribution >= 0.6 is 22.3 Å². The summed E-state index contributed by atoms with van der Waals surface area (Å²) in [6.45, 7) is 1.26. The first kappa shape index (κ1) is 12.6. The van der Waals surface area contributed by atoms with Gasteiger partial charge < -0.3 is 0 Å². The van der Waals surface area contributed by atoms with Gasteiger partial charge in [0.1, 0.15) is 5.15 Å². The minimum atomic E-state index is -4.26. The molecule has 8 heteroatoms. The standard InChI is InChI=1S/C7H5Cl2F2NO2S/c1-3-5(15(9,13)14)4(7(10)11)2-12-6(3)8/h2,7H,1H3. The minimum Gasteiger partial charge on any atom is -0.244 e. The van der Waals surface area contributed by atoms with Gasteiger partial charge in [0.05, 0.1) is 10.5 Å². The highest BCUT2D eigenvalue weighted by molar-refractivity contribution is 8.13. The van der Waals surface area contributed by atoms with Gasteiger partial charge in [-0.25, -0.2) is 22.2 Å². The minimum absolute atomic E-state index is 0.0792. The van der Waals surface area contributed by atoms with Crippen LogP contribution in [-0.2, 0) is 9.05 Å². The Hall–Kier alpha value is -0.460. The first-order chi connectivity index (χ1) is 6.75. The summed E-state index contributed by atoms with van der Waals surface area (Å²) in [5.41, 5.74) is -0.823. The summed E-state index contributed by atoms with van der Waals surface area (Å²) in [7, 11) is 0.774. The van der Waals surface area contributed by atoms with Crippen LogP contribution < -0.4 is 0 Å². The maximum atomic E-state index is 12.5. The molecule has 15 heavy (non-hydrogen) atoms. The van der Waals surface area contributed by atoms with Crippen LogP contribution in [0, 0.1) is 6.92 Å². The Morgan fingerprint density at radius 2 is 2.00 bits per heavy atom. The molecule has 0 spiro atoms. The second-order valence-electron chi connectivity index (χ2n) is 2.70. The molecule has 3 nitrogen and oxygen atoms in total. The third kappa shape index (κ3) is 2.56. The molecule has 0 aromatic carbocycles. The van der Waals surface area contributed by atoms with E-state index in [1.54, 1.807) is 0 Å². The lowest BCUT2D eigenvalue weighted by Gasteiger charge is -2.09. The topological polar surface area (TPSA) is 47.0 Å². The van der Waals surface area contributed by atoms with Crippen molar-refractivity contribution in [1.82, 2.24) is 4.98 Å². The van der Waals surface area contributed by atoms with Crippen LogP contribution in [0.25, 0.3) is 0 Å². The number of halogens is 4. The molecule has 0 aliphatic rings. The van der Waals surface area contributed by atoms with Crippen molar-refractivity contribution in [3.8, 4) is 0 Å². The molecule has 0 unspecified atom stereocenters. The molecular weight excluding hydrogens is 271 g/mol. The van der Waals surface area contributed by atoms with E-state index in [1.165, 1.54) is 6.92 Å². The van der Waals surface area contributed by atoms with Gasteiger partial charge in [-0.1, -0.05) is 11.6 Å². The van der Waals surface area contributed by atoms with Crippen LogP contribution in [0.4, 0.5) is 8.78 Å². The fourth-order valence-electron chi connectivity index (χ4n) is 1.07. The molecule has 0 saturated carbocycles. The van der Waals surface area contributed by atoms with Gasteiger partial charge in [-0.05, 0) is 6.92 Å². The van der Waals surface area contributed by atoms with Gasteiger partial charge in [0.15, 0.2) is 0 Å². The molecular formula is C7H5Cl2F2NO2S. The van der Waals surface area contributed by atoms with Crippen LogP contribution in [0.1, 0.15) is 17.6 Å². The van der Waals surface area contributed by atoms with Crippen molar-refractivity contribution in [1.29, 1.82) is 0 Å². The normalized spacial score (nSPS) is 12.1. The highest BCUT2D eigenvalue weighted by Gasteiger charge is 2.25. The van der Waals surface area contributed by atoms with Gasteiger partial charge in [0.25, 0.3) is 15.5 Å². The number of hydrogen-bond donors (Lipinski definition) is 0. The molecule has 0 atom stereocenters. The second-order valence-corrected chi connectivity index (χ2v) is 5.56. The molecule has 1 heterocycles. The summed E-state index contributed by atoms with van der Waals surface area (Å²) in [5, 5.41) is -0.168. The number of rotatable bonds is 2. The summed E-state index contributed by atoms with van der Waals surface area (Å²) in [6.07, 6.45) is -2.27. The average molecular weight is 276 g/mol. The number of alkyl halides is 2. The molecule has 84 valence electrons. The van der Waals surface area contributed by atoms with Gasteiger partial charge in [-0.15, -0.1) is 0 Å². The van der Waals surface area contributed by atoms with Crippen molar-refractivity contribution >= 4 is 31.3 Å². The van der Waals surface area contributed by atoms with Gasteiger partial charge in [0.2, 0.25) is 0 Å². The van der Waals surface area contributed by atoms with Gasteiger partial charge in [-0.3, -0.25) is 0 Å². The lowest BCUT2D eigenvalue weighted by molar-refractivity contribution is 0.147. The lowest BCUT2D eigenvalue weighted by Crippen LogP contribution is -2.03. The SMILES string of the molecule is Cc1c(Cl)ncc(C(F)F)c1S(=O)(=O)Cl. The van der Waals surface area contributed by atoms with E-state index in [0.29, 0.717) is 6.20 Å². The molecule has 0 aliphatic carbocycles. The quantitative estimate of drug-likeness (QED) is 0.616. The van der Waals surface area contributed by atoms with E-state index < -0.39 is 25.9 Å². The van der Waals surface area contributed by atoms with Crippen molar-refractivity contribution in [2.45, 2.75) is 18.2 Å². The smallest absolute Gasteiger partial charge is 0.244 e. The Labute approximate surface area is 94.4 Å². The average Bonchev–Trinajstić information content (AvgIpc) is 2.06. The third-order valence-electron chi connectivity index (χ3n) is 1.71. The van der Waals surface area contributed by atoms with Gasteiger partial charge >= 0.3 is 0 Å². The summed E-state index contributed by atoms with van der Waals surface area (Å²) in [6, 6.07) is 0. The summed E-state index contributed by atoms with van der Waals surface area (Å²) >= 11 is 5.52. The van der Waals surface area contributed by atoms with Gasteiger partial charge in [-0.2, -0.15) is 0 Å². The van der Waals surface area contributed by atoms with Crippen molar-refractivity contribution in [2.75, 3.05) is 0 Å². The predicted octanol–water partition coefficient (Wildman–Crippen LogP) is 2.91. The molecule has 0 radical (unpaired) electrons. The van der Waals surface area contributed by atoms with Crippen LogP contribution in [-0.4, -0.2) is 13.4 Å². The summed E-state index contributed by atoms with van der Waals surface area (Å²) in [5.74, 6) is 0. The van der Waals surface area contributed by atoms with Crippen molar-refractivity contribution in [3.05, 3.63) is 22.5 Å². The molecule has 0 bridgehead atoms.